The van der Waals surface area contributed by atoms with E-state index in [4.69, 9.17) is 19.3 Å². The van der Waals surface area contributed by atoms with Gasteiger partial charge in [-0.3, -0.25) is 9.59 Å². The molecule has 0 saturated carbocycles. The molecule has 0 aliphatic carbocycles. The number of rotatable bonds is 8. The van der Waals surface area contributed by atoms with Crippen LogP contribution in [0.1, 0.15) is 35.3 Å². The van der Waals surface area contributed by atoms with Crippen LogP contribution in [0.25, 0.3) is 0 Å². The Morgan fingerprint density at radius 2 is 1.49 bits per heavy atom. The lowest BCUT2D eigenvalue weighted by Gasteiger charge is -2.23. The molecule has 0 bridgehead atoms. The molecule has 186 valence electrons. The van der Waals surface area contributed by atoms with E-state index in [9.17, 15) is 14.4 Å². The van der Waals surface area contributed by atoms with E-state index in [0.717, 1.165) is 11.1 Å². The molecule has 3 amide bonds. The van der Waals surface area contributed by atoms with Gasteiger partial charge >= 0.3 is 6.09 Å². The Morgan fingerprint density at radius 1 is 0.943 bits per heavy atom. The molecule has 0 aromatic heterocycles. The lowest BCUT2D eigenvalue weighted by Crippen LogP contribution is -2.36. The minimum absolute atomic E-state index is 0.0725. The lowest BCUT2D eigenvalue weighted by molar-refractivity contribution is -0.161. The summed E-state index contributed by atoms with van der Waals surface area (Å²) in [5.41, 5.74) is 2.12. The van der Waals surface area contributed by atoms with Crippen molar-refractivity contribution in [3.05, 3.63) is 65.2 Å². The molecule has 3 N–H and O–H groups in total. The third-order valence-electron chi connectivity index (χ3n) is 5.84. The molecule has 0 radical (unpaired) electrons. The summed E-state index contributed by atoms with van der Waals surface area (Å²) < 4.78 is 17.3. The Bertz CT molecular complexity index is 1050. The number of carbonyl (C=O) groups excluding carboxylic acids is 2. The number of ether oxygens (including phenoxy) is 3. The third kappa shape index (κ3) is 6.49. The second-order valence-electron chi connectivity index (χ2n) is 8.98. The summed E-state index contributed by atoms with van der Waals surface area (Å²) in [5, 5.41) is 13.8. The predicted octanol–water partition coefficient (Wildman–Crippen LogP) is 2.13. The quantitative estimate of drug-likeness (QED) is 0.525. The minimum atomic E-state index is -1.10. The molecule has 2 atom stereocenters. The van der Waals surface area contributed by atoms with Crippen LogP contribution < -0.4 is 15.4 Å². The molecule has 10 nitrogen and oxygen atoms in total. The van der Waals surface area contributed by atoms with Crippen LogP contribution in [0.4, 0.5) is 4.79 Å². The average Bonchev–Trinajstić information content (AvgIpc) is 3.34. The van der Waals surface area contributed by atoms with Gasteiger partial charge in [0.05, 0.1) is 0 Å². The van der Waals surface area contributed by atoms with E-state index >= 15 is 0 Å². The summed E-state index contributed by atoms with van der Waals surface area (Å²) in [7, 11) is 0. The fraction of sp³-hybridized carbons (Fsp3) is 0.400. The van der Waals surface area contributed by atoms with Crippen LogP contribution in [-0.4, -0.2) is 65.6 Å². The molecule has 2 aliphatic rings. The van der Waals surface area contributed by atoms with Crippen molar-refractivity contribution in [3.8, 4) is 5.75 Å². The van der Waals surface area contributed by atoms with Gasteiger partial charge < -0.3 is 34.9 Å². The van der Waals surface area contributed by atoms with Crippen molar-refractivity contribution in [3.63, 3.8) is 0 Å². The van der Waals surface area contributed by atoms with Crippen LogP contribution in [-0.2, 0) is 27.4 Å². The summed E-state index contributed by atoms with van der Waals surface area (Å²) in [4.78, 5) is 37.1. The van der Waals surface area contributed by atoms with Crippen molar-refractivity contribution in [2.75, 3.05) is 19.7 Å². The highest BCUT2D eigenvalue weighted by Gasteiger charge is 2.47. The molecule has 2 aromatic carbocycles. The van der Waals surface area contributed by atoms with E-state index in [1.54, 1.807) is 41.3 Å². The van der Waals surface area contributed by atoms with Crippen LogP contribution in [0, 0.1) is 0 Å². The topological polar surface area (TPSA) is 126 Å². The number of carboxylic acid groups (broad SMARTS) is 1. The normalized spacial score (nSPS) is 20.2. The van der Waals surface area contributed by atoms with Crippen LogP contribution in [0.15, 0.2) is 48.5 Å². The Hall–Kier alpha value is -3.63. The van der Waals surface area contributed by atoms with Gasteiger partial charge in [0.2, 0.25) is 0 Å². The maximum Gasteiger partial charge on any atom is 0.404 e. The zero-order valence-electron chi connectivity index (χ0n) is 19.7. The van der Waals surface area contributed by atoms with Crippen molar-refractivity contribution < 1.29 is 33.7 Å². The summed E-state index contributed by atoms with van der Waals surface area (Å²) >= 11 is 0. The first-order chi connectivity index (χ1) is 16.7. The Morgan fingerprint density at radius 3 is 2.06 bits per heavy atom. The lowest BCUT2D eigenvalue weighted by atomic mass is 10.1. The van der Waals surface area contributed by atoms with Gasteiger partial charge in [-0.05, 0) is 49.2 Å². The first kappa shape index (κ1) is 24.5. The molecule has 35 heavy (non-hydrogen) atoms. The molecule has 0 spiro atoms. The number of hydrogen-bond donors (Lipinski definition) is 3. The van der Waals surface area contributed by atoms with E-state index in [1.807, 2.05) is 26.0 Å². The van der Waals surface area contributed by atoms with Gasteiger partial charge in [-0.2, -0.15) is 0 Å². The molecular formula is C25H29N3O7. The number of nitrogens with one attached hydrogen (secondary N) is 2. The monoisotopic (exact) mass is 483 g/mol. The number of hydrogen-bond acceptors (Lipinski definition) is 6. The molecule has 0 unspecified atom stereocenters. The Labute approximate surface area is 203 Å². The van der Waals surface area contributed by atoms with Crippen LogP contribution >= 0.6 is 0 Å². The summed E-state index contributed by atoms with van der Waals surface area (Å²) in [6, 6.07) is 13.9. The fourth-order valence-electron chi connectivity index (χ4n) is 4.11. The van der Waals surface area contributed by atoms with Gasteiger partial charge in [0, 0.05) is 31.7 Å². The standard InChI is InChI=1S/C25H29N3O7/c1-25(2)34-20-13-28(14-21(20)35-25)22(29)15-33-19-9-5-17(6-10-19)11-26-23(30)18-7-3-16(4-8-18)12-27-24(31)32/h3-10,20-21,27H,11-15H2,1-2H3,(H,26,30)(H,31,32)/t20-,21+. The number of fused-ring (bicyclic) bond motifs is 1. The van der Waals surface area contributed by atoms with Gasteiger partial charge in [0.15, 0.2) is 12.4 Å². The van der Waals surface area contributed by atoms with Crippen molar-refractivity contribution in [1.82, 2.24) is 15.5 Å². The summed E-state index contributed by atoms with van der Waals surface area (Å²) in [5.74, 6) is -0.397. The molecule has 2 aromatic rings. The second-order valence-corrected chi connectivity index (χ2v) is 8.98. The molecular weight excluding hydrogens is 454 g/mol. The zero-order valence-corrected chi connectivity index (χ0v) is 19.7. The van der Waals surface area contributed by atoms with E-state index < -0.39 is 11.9 Å². The molecule has 2 aliphatic heterocycles. The first-order valence-corrected chi connectivity index (χ1v) is 11.4. The number of benzene rings is 2. The summed E-state index contributed by atoms with van der Waals surface area (Å²) in [6.07, 6.45) is -1.30. The molecule has 2 heterocycles. The first-order valence-electron chi connectivity index (χ1n) is 11.4. The predicted molar refractivity (Wildman–Crippen MR) is 125 cm³/mol. The van der Waals surface area contributed by atoms with Crippen LogP contribution in [0.3, 0.4) is 0 Å². The van der Waals surface area contributed by atoms with Crippen LogP contribution in [0.2, 0.25) is 0 Å². The van der Waals surface area contributed by atoms with Gasteiger partial charge in [-0.15, -0.1) is 0 Å². The van der Waals surface area contributed by atoms with E-state index in [-0.39, 0.29) is 37.2 Å². The van der Waals surface area contributed by atoms with Gasteiger partial charge in [0.1, 0.15) is 18.0 Å². The molecule has 2 saturated heterocycles. The van der Waals surface area contributed by atoms with Crippen molar-refractivity contribution in [2.45, 2.75) is 44.9 Å². The van der Waals surface area contributed by atoms with Crippen molar-refractivity contribution >= 4 is 17.9 Å². The number of carbonyl (C=O) groups is 3. The van der Waals surface area contributed by atoms with Crippen LogP contribution in [0.5, 0.6) is 5.75 Å². The highest BCUT2D eigenvalue weighted by atomic mass is 16.8. The zero-order chi connectivity index (χ0) is 25.0. The largest absolute Gasteiger partial charge is 0.484 e. The fourth-order valence-corrected chi connectivity index (χ4v) is 4.11. The highest BCUT2D eigenvalue weighted by Crippen LogP contribution is 2.32. The van der Waals surface area contributed by atoms with Crippen molar-refractivity contribution in [2.24, 2.45) is 0 Å². The second kappa shape index (κ2) is 10.3. The van der Waals surface area contributed by atoms with Gasteiger partial charge in [-0.25, -0.2) is 4.79 Å². The highest BCUT2D eigenvalue weighted by molar-refractivity contribution is 5.94. The molecule has 4 rings (SSSR count). The Balaban J connectivity index is 1.19. The minimum Gasteiger partial charge on any atom is -0.484 e. The maximum atomic E-state index is 12.5. The number of amides is 3. The number of nitrogens with zero attached hydrogens (tertiary/aromatic N) is 1. The van der Waals surface area contributed by atoms with Gasteiger partial charge in [-0.1, -0.05) is 24.3 Å². The summed E-state index contributed by atoms with van der Waals surface area (Å²) in [6.45, 7) is 5.17. The number of likely N-dealkylation sites (tertiary alicyclic amines) is 1. The van der Waals surface area contributed by atoms with E-state index in [1.165, 1.54) is 0 Å². The Kier molecular flexibility index (Phi) is 7.23. The van der Waals surface area contributed by atoms with Gasteiger partial charge in [0.25, 0.3) is 11.8 Å². The molecule has 2 fully saturated rings. The SMILES string of the molecule is CC1(C)O[C@H]2CN(C(=O)COc3ccc(CNC(=O)c4ccc(CNC(=O)O)cc4)cc3)C[C@H]2O1. The third-order valence-corrected chi connectivity index (χ3v) is 5.84. The smallest absolute Gasteiger partial charge is 0.404 e. The van der Waals surface area contributed by atoms with E-state index in [0.29, 0.717) is 30.9 Å². The average molecular weight is 484 g/mol. The van der Waals surface area contributed by atoms with E-state index in [2.05, 4.69) is 10.6 Å². The van der Waals surface area contributed by atoms with Crippen molar-refractivity contribution in [1.29, 1.82) is 0 Å². The molecule has 10 heteroatoms. The maximum absolute atomic E-state index is 12.5.